The highest BCUT2D eigenvalue weighted by Crippen LogP contribution is 2.15. The van der Waals surface area contributed by atoms with Crippen LogP contribution in [0.3, 0.4) is 0 Å². The molecule has 1 atom stereocenters. The summed E-state index contributed by atoms with van der Waals surface area (Å²) in [4.78, 5) is 23.6. The Morgan fingerprint density at radius 2 is 1.83 bits per heavy atom. The number of ketones is 1. The molecule has 126 valence electrons. The fourth-order valence-corrected chi connectivity index (χ4v) is 2.32. The Kier molecular flexibility index (Phi) is 5.76. The normalized spacial score (nSPS) is 11.8. The van der Waals surface area contributed by atoms with Gasteiger partial charge in [0.05, 0.1) is 5.69 Å². The maximum atomic E-state index is 13.2. The van der Waals surface area contributed by atoms with Crippen molar-refractivity contribution >= 4 is 17.4 Å². The van der Waals surface area contributed by atoms with Crippen molar-refractivity contribution in [3.8, 4) is 0 Å². The van der Waals surface area contributed by atoms with Gasteiger partial charge >= 0.3 is 0 Å². The number of carbonyl (C=O) groups excluding carboxylic acids is 2. The van der Waals surface area contributed by atoms with E-state index >= 15 is 0 Å². The highest BCUT2D eigenvalue weighted by Gasteiger charge is 2.15. The second kappa shape index (κ2) is 7.79. The van der Waals surface area contributed by atoms with Crippen molar-refractivity contribution < 1.29 is 23.7 Å². The molecule has 2 rings (SSSR count). The average Bonchev–Trinajstić information content (AvgIpc) is 2.55. The minimum Gasteiger partial charge on any atom is -0.333 e. The number of quaternary nitrogens is 1. The maximum absolute atomic E-state index is 13.2. The first-order valence-corrected chi connectivity index (χ1v) is 7.56. The van der Waals surface area contributed by atoms with Gasteiger partial charge in [-0.05, 0) is 44.2 Å². The smallest absolute Gasteiger partial charge is 0.279 e. The summed E-state index contributed by atoms with van der Waals surface area (Å²) in [6.07, 6.45) is 0. The zero-order chi connectivity index (χ0) is 17.7. The molecule has 2 aromatic rings. The van der Waals surface area contributed by atoms with Crippen LogP contribution in [0.5, 0.6) is 0 Å². The van der Waals surface area contributed by atoms with Crippen molar-refractivity contribution in [1.82, 2.24) is 0 Å². The number of para-hydroxylation sites is 1. The SMILES string of the molecule is CC(=O)c1ccccc1NC(=O)C[NH2+][C@H](C)c1ccc(F)c(F)c1. The van der Waals surface area contributed by atoms with Crippen LogP contribution in [0.4, 0.5) is 14.5 Å². The van der Waals surface area contributed by atoms with E-state index in [1.54, 1.807) is 36.5 Å². The summed E-state index contributed by atoms with van der Waals surface area (Å²) >= 11 is 0. The van der Waals surface area contributed by atoms with Gasteiger partial charge in [-0.2, -0.15) is 0 Å². The highest BCUT2D eigenvalue weighted by atomic mass is 19.2. The molecular weight excluding hydrogens is 314 g/mol. The van der Waals surface area contributed by atoms with E-state index in [-0.39, 0.29) is 24.3 Å². The van der Waals surface area contributed by atoms with Gasteiger partial charge < -0.3 is 10.6 Å². The summed E-state index contributed by atoms with van der Waals surface area (Å²) in [5.41, 5.74) is 1.49. The summed E-state index contributed by atoms with van der Waals surface area (Å²) in [6.45, 7) is 3.32. The Morgan fingerprint density at radius 1 is 1.12 bits per heavy atom. The minimum absolute atomic E-state index is 0.0897. The maximum Gasteiger partial charge on any atom is 0.279 e. The summed E-state index contributed by atoms with van der Waals surface area (Å²) in [5.74, 6) is -2.22. The topological polar surface area (TPSA) is 62.8 Å². The molecule has 0 spiro atoms. The molecule has 0 radical (unpaired) electrons. The molecule has 0 heterocycles. The summed E-state index contributed by atoms with van der Waals surface area (Å²) in [5, 5.41) is 4.40. The van der Waals surface area contributed by atoms with Gasteiger partial charge in [0.1, 0.15) is 6.04 Å². The molecule has 0 aliphatic carbocycles. The quantitative estimate of drug-likeness (QED) is 0.798. The van der Waals surface area contributed by atoms with Crippen LogP contribution in [0.25, 0.3) is 0 Å². The second-order valence-electron chi connectivity index (χ2n) is 5.55. The van der Waals surface area contributed by atoms with Crippen molar-refractivity contribution in [2.45, 2.75) is 19.9 Å². The zero-order valence-electron chi connectivity index (χ0n) is 13.5. The predicted molar refractivity (Wildman–Crippen MR) is 86.6 cm³/mol. The van der Waals surface area contributed by atoms with Crippen molar-refractivity contribution in [2.24, 2.45) is 0 Å². The predicted octanol–water partition coefficient (Wildman–Crippen LogP) is 2.43. The van der Waals surface area contributed by atoms with Crippen LogP contribution < -0.4 is 10.6 Å². The first kappa shape index (κ1) is 17.7. The van der Waals surface area contributed by atoms with E-state index < -0.39 is 11.6 Å². The largest absolute Gasteiger partial charge is 0.333 e. The number of anilines is 1. The molecule has 0 saturated heterocycles. The Morgan fingerprint density at radius 3 is 2.50 bits per heavy atom. The van der Waals surface area contributed by atoms with Crippen LogP contribution in [0.2, 0.25) is 0 Å². The minimum atomic E-state index is -0.910. The van der Waals surface area contributed by atoms with Crippen molar-refractivity contribution in [3.63, 3.8) is 0 Å². The van der Waals surface area contributed by atoms with Crippen LogP contribution in [-0.2, 0) is 4.79 Å². The van der Waals surface area contributed by atoms with E-state index in [0.717, 1.165) is 12.1 Å². The first-order valence-electron chi connectivity index (χ1n) is 7.56. The van der Waals surface area contributed by atoms with Gasteiger partial charge in [0.2, 0.25) is 0 Å². The van der Waals surface area contributed by atoms with Crippen molar-refractivity contribution in [3.05, 3.63) is 65.2 Å². The van der Waals surface area contributed by atoms with Crippen molar-refractivity contribution in [1.29, 1.82) is 0 Å². The molecule has 2 aromatic carbocycles. The lowest BCUT2D eigenvalue weighted by Crippen LogP contribution is -2.86. The molecule has 0 aliphatic heterocycles. The monoisotopic (exact) mass is 333 g/mol. The van der Waals surface area contributed by atoms with Gasteiger partial charge in [0.15, 0.2) is 24.0 Å². The summed E-state index contributed by atoms with van der Waals surface area (Å²) < 4.78 is 26.2. The second-order valence-corrected chi connectivity index (χ2v) is 5.55. The van der Waals surface area contributed by atoms with Crippen LogP contribution in [0, 0.1) is 11.6 Å². The molecule has 0 fully saturated rings. The molecule has 0 aliphatic rings. The zero-order valence-corrected chi connectivity index (χ0v) is 13.5. The number of rotatable bonds is 6. The number of halogens is 2. The van der Waals surface area contributed by atoms with Crippen LogP contribution in [0.15, 0.2) is 42.5 Å². The number of nitrogens with one attached hydrogen (secondary N) is 1. The van der Waals surface area contributed by atoms with E-state index in [1.165, 1.54) is 13.0 Å². The lowest BCUT2D eigenvalue weighted by Gasteiger charge is -2.12. The number of hydrogen-bond donors (Lipinski definition) is 2. The molecule has 4 nitrogen and oxygen atoms in total. The Balaban J connectivity index is 1.96. The molecule has 0 unspecified atom stereocenters. The fraction of sp³-hybridized carbons (Fsp3) is 0.222. The highest BCUT2D eigenvalue weighted by molar-refractivity contribution is 6.03. The third-order valence-corrected chi connectivity index (χ3v) is 3.71. The number of benzene rings is 2. The van der Waals surface area contributed by atoms with E-state index in [2.05, 4.69) is 5.32 Å². The van der Waals surface area contributed by atoms with Gasteiger partial charge in [-0.1, -0.05) is 12.1 Å². The number of Topliss-reactive ketones (excluding diaryl/α,β-unsaturated/α-hetero) is 1. The molecule has 0 aromatic heterocycles. The van der Waals surface area contributed by atoms with E-state index in [4.69, 9.17) is 0 Å². The Bertz CT molecular complexity index is 762. The van der Waals surface area contributed by atoms with E-state index in [0.29, 0.717) is 16.8 Å². The Labute approximate surface area is 138 Å². The average molecular weight is 333 g/mol. The number of amides is 1. The molecule has 24 heavy (non-hydrogen) atoms. The van der Waals surface area contributed by atoms with Gasteiger partial charge in [0, 0.05) is 11.1 Å². The van der Waals surface area contributed by atoms with Crippen LogP contribution >= 0.6 is 0 Å². The van der Waals surface area contributed by atoms with Crippen LogP contribution in [-0.4, -0.2) is 18.2 Å². The van der Waals surface area contributed by atoms with Crippen molar-refractivity contribution in [2.75, 3.05) is 11.9 Å². The lowest BCUT2D eigenvalue weighted by molar-refractivity contribution is -0.682. The lowest BCUT2D eigenvalue weighted by atomic mass is 10.1. The first-order chi connectivity index (χ1) is 11.4. The van der Waals surface area contributed by atoms with Gasteiger partial charge in [0.25, 0.3) is 5.91 Å². The molecular formula is C18H19F2N2O2+. The van der Waals surface area contributed by atoms with Crippen LogP contribution in [0.1, 0.15) is 35.8 Å². The van der Waals surface area contributed by atoms with E-state index in [1.807, 2.05) is 0 Å². The van der Waals surface area contributed by atoms with Gasteiger partial charge in [-0.15, -0.1) is 0 Å². The summed E-state index contributed by atoms with van der Waals surface area (Å²) in [6, 6.07) is 10.2. The van der Waals surface area contributed by atoms with Gasteiger partial charge in [-0.25, -0.2) is 8.78 Å². The third kappa shape index (κ3) is 4.45. The summed E-state index contributed by atoms with van der Waals surface area (Å²) in [7, 11) is 0. The standard InChI is InChI=1S/C18H18F2N2O2/c1-11(13-7-8-15(19)16(20)9-13)21-10-18(24)22-17-6-4-3-5-14(17)12(2)23/h3-9,11,21H,10H2,1-2H3,(H,22,24)/p+1/t11-/m1/s1. The molecule has 0 saturated carbocycles. The van der Waals surface area contributed by atoms with Gasteiger partial charge in [-0.3, -0.25) is 9.59 Å². The molecule has 3 N–H and O–H groups in total. The van der Waals surface area contributed by atoms with E-state index in [9.17, 15) is 18.4 Å². The molecule has 6 heteroatoms. The number of hydrogen-bond acceptors (Lipinski definition) is 2. The number of nitrogens with two attached hydrogens (primary N) is 1. The molecule has 0 bridgehead atoms. The Hall–Kier alpha value is -2.60. The fourth-order valence-electron chi connectivity index (χ4n) is 2.32. The molecule has 1 amide bonds. The third-order valence-electron chi connectivity index (χ3n) is 3.71. The number of carbonyl (C=O) groups is 2.